The number of aromatic nitrogens is 2. The topological polar surface area (TPSA) is 65.5 Å². The number of nitrogens with zero attached hydrogens (tertiary/aromatic N) is 2. The van der Waals surface area contributed by atoms with Crippen LogP contribution in [0, 0.1) is 0 Å². The van der Waals surface area contributed by atoms with Crippen LogP contribution in [0.1, 0.15) is 29.7 Å². The molecule has 2 aliphatic rings. The first-order valence-electron chi connectivity index (χ1n) is 9.97. The van der Waals surface area contributed by atoms with Crippen LogP contribution in [-0.4, -0.2) is 23.9 Å². The fourth-order valence-electron chi connectivity index (χ4n) is 3.95. The van der Waals surface area contributed by atoms with E-state index in [1.165, 1.54) is 5.56 Å². The van der Waals surface area contributed by atoms with Gasteiger partial charge >= 0.3 is 0 Å². The summed E-state index contributed by atoms with van der Waals surface area (Å²) in [5.74, 6) is 3.13. The normalized spacial score (nSPS) is 15.5. The van der Waals surface area contributed by atoms with Gasteiger partial charge < -0.3 is 19.5 Å². The van der Waals surface area contributed by atoms with Gasteiger partial charge in [-0.3, -0.25) is 4.98 Å². The van der Waals surface area contributed by atoms with Crippen LogP contribution in [-0.2, 0) is 11.8 Å². The molecule has 2 heterocycles. The average molecular weight is 401 g/mol. The Morgan fingerprint density at radius 2 is 1.97 bits per heavy atom. The van der Waals surface area contributed by atoms with E-state index in [-0.39, 0.29) is 12.2 Å². The van der Waals surface area contributed by atoms with Gasteiger partial charge in [0.1, 0.15) is 11.6 Å². The fraction of sp³-hybridized carbons (Fsp3) is 0.250. The highest BCUT2D eigenvalue weighted by molar-refractivity contribution is 5.55. The summed E-state index contributed by atoms with van der Waals surface area (Å²) in [5.41, 5.74) is 3.93. The average Bonchev–Trinajstić information content (AvgIpc) is 3.45. The third-order valence-corrected chi connectivity index (χ3v) is 5.78. The van der Waals surface area contributed by atoms with E-state index in [1.807, 2.05) is 30.3 Å². The zero-order valence-electron chi connectivity index (χ0n) is 16.9. The SMILES string of the molecule is C=C(Nc1cncc(Cc2ccccc2OC)n1)C1(c2ccc3c(c2)OCO3)CC1. The number of allylic oxidation sites excluding steroid dienone is 1. The van der Waals surface area contributed by atoms with Crippen LogP contribution in [0.25, 0.3) is 0 Å². The number of benzene rings is 2. The van der Waals surface area contributed by atoms with Gasteiger partial charge in [0.25, 0.3) is 0 Å². The molecule has 0 spiro atoms. The van der Waals surface area contributed by atoms with E-state index in [0.717, 1.165) is 47.0 Å². The van der Waals surface area contributed by atoms with E-state index in [1.54, 1.807) is 19.5 Å². The van der Waals surface area contributed by atoms with Gasteiger partial charge in [-0.2, -0.15) is 0 Å². The molecule has 1 aliphatic heterocycles. The lowest BCUT2D eigenvalue weighted by molar-refractivity contribution is 0.174. The minimum atomic E-state index is -0.110. The van der Waals surface area contributed by atoms with E-state index in [0.29, 0.717) is 12.2 Å². The molecular weight excluding hydrogens is 378 g/mol. The monoisotopic (exact) mass is 401 g/mol. The van der Waals surface area contributed by atoms with Gasteiger partial charge in [-0.1, -0.05) is 30.8 Å². The molecule has 1 N–H and O–H groups in total. The lowest BCUT2D eigenvalue weighted by atomic mass is 9.92. The number of anilines is 1. The van der Waals surface area contributed by atoms with Gasteiger partial charge in [0.2, 0.25) is 6.79 Å². The third-order valence-electron chi connectivity index (χ3n) is 5.78. The Morgan fingerprint density at radius 1 is 1.13 bits per heavy atom. The Balaban J connectivity index is 1.33. The summed E-state index contributed by atoms with van der Waals surface area (Å²) in [7, 11) is 1.68. The van der Waals surface area contributed by atoms with E-state index < -0.39 is 0 Å². The minimum Gasteiger partial charge on any atom is -0.496 e. The van der Waals surface area contributed by atoms with Gasteiger partial charge in [0.05, 0.1) is 19.0 Å². The Labute approximate surface area is 175 Å². The van der Waals surface area contributed by atoms with Crippen molar-refractivity contribution in [3.63, 3.8) is 0 Å². The molecule has 0 unspecified atom stereocenters. The second-order valence-electron chi connectivity index (χ2n) is 7.64. The number of hydrogen-bond acceptors (Lipinski definition) is 6. The maximum Gasteiger partial charge on any atom is 0.231 e. The summed E-state index contributed by atoms with van der Waals surface area (Å²) < 4.78 is 16.4. The molecule has 0 bridgehead atoms. The van der Waals surface area contributed by atoms with Crippen LogP contribution in [0.2, 0.25) is 0 Å². The molecule has 0 atom stereocenters. The molecule has 0 saturated heterocycles. The first-order valence-corrected chi connectivity index (χ1v) is 9.97. The maximum absolute atomic E-state index is 5.55. The van der Waals surface area contributed by atoms with E-state index >= 15 is 0 Å². The fourth-order valence-corrected chi connectivity index (χ4v) is 3.95. The molecule has 6 nitrogen and oxygen atoms in total. The number of methoxy groups -OCH3 is 1. The highest BCUT2D eigenvalue weighted by Crippen LogP contribution is 2.54. The summed E-state index contributed by atoms with van der Waals surface area (Å²) >= 11 is 0. The Morgan fingerprint density at radius 3 is 2.80 bits per heavy atom. The lowest BCUT2D eigenvalue weighted by Gasteiger charge is -2.20. The van der Waals surface area contributed by atoms with Gasteiger partial charge in [-0.25, -0.2) is 4.98 Å². The Kier molecular flexibility index (Phi) is 4.54. The van der Waals surface area contributed by atoms with E-state index in [2.05, 4.69) is 29.0 Å². The summed E-state index contributed by atoms with van der Waals surface area (Å²) in [6.07, 6.45) is 6.23. The summed E-state index contributed by atoms with van der Waals surface area (Å²) in [6, 6.07) is 14.1. The molecule has 6 heteroatoms. The first kappa shape index (κ1) is 18.5. The minimum absolute atomic E-state index is 0.110. The molecule has 1 aliphatic carbocycles. The Hall–Kier alpha value is -3.54. The quantitative estimate of drug-likeness (QED) is 0.630. The van der Waals surface area contributed by atoms with Crippen LogP contribution < -0.4 is 19.5 Å². The number of hydrogen-bond donors (Lipinski definition) is 1. The van der Waals surface area contributed by atoms with Crippen molar-refractivity contribution in [1.82, 2.24) is 9.97 Å². The highest BCUT2D eigenvalue weighted by Gasteiger charge is 2.47. The van der Waals surface area contributed by atoms with Gasteiger partial charge in [0, 0.05) is 29.3 Å². The van der Waals surface area contributed by atoms with Crippen molar-refractivity contribution in [2.45, 2.75) is 24.7 Å². The number of rotatable bonds is 7. The Bertz CT molecular complexity index is 1110. The molecule has 2 aromatic carbocycles. The van der Waals surface area contributed by atoms with Crippen molar-refractivity contribution >= 4 is 5.82 Å². The zero-order chi connectivity index (χ0) is 20.6. The number of fused-ring (bicyclic) bond motifs is 1. The molecule has 30 heavy (non-hydrogen) atoms. The van der Waals surface area contributed by atoms with Gasteiger partial charge in [0.15, 0.2) is 11.5 Å². The largest absolute Gasteiger partial charge is 0.496 e. The highest BCUT2D eigenvalue weighted by atomic mass is 16.7. The van der Waals surface area contributed by atoms with Gasteiger partial charge in [-0.05, 0) is 36.6 Å². The summed E-state index contributed by atoms with van der Waals surface area (Å²) in [5, 5.41) is 3.39. The molecule has 0 amide bonds. The lowest BCUT2D eigenvalue weighted by Crippen LogP contribution is -2.17. The predicted molar refractivity (Wildman–Crippen MR) is 114 cm³/mol. The van der Waals surface area contributed by atoms with Gasteiger partial charge in [-0.15, -0.1) is 0 Å². The third kappa shape index (κ3) is 3.34. The van der Waals surface area contributed by atoms with Crippen molar-refractivity contribution in [2.24, 2.45) is 0 Å². The molecule has 0 radical (unpaired) electrons. The van der Waals surface area contributed by atoms with Crippen LogP contribution in [0.3, 0.4) is 0 Å². The summed E-state index contributed by atoms with van der Waals surface area (Å²) in [4.78, 5) is 9.11. The van der Waals surface area contributed by atoms with Crippen molar-refractivity contribution in [1.29, 1.82) is 0 Å². The molecule has 152 valence electrons. The van der Waals surface area contributed by atoms with Crippen molar-refractivity contribution in [2.75, 3.05) is 19.2 Å². The second-order valence-corrected chi connectivity index (χ2v) is 7.64. The van der Waals surface area contributed by atoms with Crippen molar-refractivity contribution in [3.05, 3.63) is 84.0 Å². The molecule has 1 fully saturated rings. The number of nitrogens with one attached hydrogen (secondary N) is 1. The van der Waals surface area contributed by atoms with E-state index in [9.17, 15) is 0 Å². The number of para-hydroxylation sites is 1. The molecule has 5 rings (SSSR count). The van der Waals surface area contributed by atoms with Crippen molar-refractivity contribution in [3.8, 4) is 17.2 Å². The van der Waals surface area contributed by atoms with E-state index in [4.69, 9.17) is 19.2 Å². The molecular formula is C24H23N3O3. The van der Waals surface area contributed by atoms with Crippen LogP contribution in [0.5, 0.6) is 17.2 Å². The van der Waals surface area contributed by atoms with Crippen LogP contribution in [0.15, 0.2) is 67.1 Å². The smallest absolute Gasteiger partial charge is 0.231 e. The van der Waals surface area contributed by atoms with Crippen molar-refractivity contribution < 1.29 is 14.2 Å². The zero-order valence-corrected chi connectivity index (χ0v) is 16.9. The predicted octanol–water partition coefficient (Wildman–Crippen LogP) is 4.46. The molecule has 3 aromatic rings. The standard InChI is InChI=1S/C24H23N3O3/c1-16(24(9-10-24)18-7-8-21-22(12-18)30-15-29-21)26-23-14-25-13-19(27-23)11-17-5-3-4-6-20(17)28-2/h3-8,12-14H,1,9-11,15H2,2H3,(H,26,27). The molecule has 1 saturated carbocycles. The number of ether oxygens (including phenoxy) is 3. The summed E-state index contributed by atoms with van der Waals surface area (Å²) in [6.45, 7) is 4.60. The maximum atomic E-state index is 5.55. The second kappa shape index (κ2) is 7.37. The molecule has 1 aromatic heterocycles. The first-order chi connectivity index (χ1) is 14.7. The van der Waals surface area contributed by atoms with Crippen LogP contribution in [0.4, 0.5) is 5.82 Å². The van der Waals surface area contributed by atoms with Crippen LogP contribution >= 0.6 is 0 Å².